The van der Waals surface area contributed by atoms with E-state index in [0.29, 0.717) is 26.5 Å². The number of rotatable bonds is 2. The van der Waals surface area contributed by atoms with Crippen LogP contribution in [0.4, 0.5) is 0 Å². The van der Waals surface area contributed by atoms with Crippen LogP contribution in [0.15, 0.2) is 44.6 Å². The highest BCUT2D eigenvalue weighted by Gasteiger charge is 2.27. The highest BCUT2D eigenvalue weighted by atomic mass is 35.5. The summed E-state index contributed by atoms with van der Waals surface area (Å²) < 4.78 is 5.85. The third kappa shape index (κ3) is 3.70. The first-order valence-electron chi connectivity index (χ1n) is 8.43. The molecule has 2 aliphatic rings. The predicted octanol–water partition coefficient (Wildman–Crippen LogP) is 5.71. The molecule has 0 unspecified atom stereocenters. The second kappa shape index (κ2) is 7.51. The zero-order valence-electron chi connectivity index (χ0n) is 13.9. The van der Waals surface area contributed by atoms with Crippen LogP contribution in [0.3, 0.4) is 0 Å². The molecule has 7 heteroatoms. The van der Waals surface area contributed by atoms with E-state index >= 15 is 0 Å². The Labute approximate surface area is 165 Å². The van der Waals surface area contributed by atoms with Gasteiger partial charge in [0.05, 0.1) is 9.93 Å². The minimum Gasteiger partial charge on any atom is -0.457 e. The van der Waals surface area contributed by atoms with E-state index in [1.807, 2.05) is 18.2 Å². The van der Waals surface area contributed by atoms with E-state index < -0.39 is 0 Å². The summed E-state index contributed by atoms with van der Waals surface area (Å²) in [5.74, 6) is 1.01. The van der Waals surface area contributed by atoms with Crippen LogP contribution in [0.5, 0.6) is 0 Å². The van der Waals surface area contributed by atoms with E-state index in [2.05, 4.69) is 9.89 Å². The first-order valence-corrected chi connectivity index (χ1v) is 10.0. The SMILES string of the molecule is O=C1N=C(N2CCCCC2)S/C1=C\c1ccc(-c2ccc(Cl)cc2Cl)o1. The minimum atomic E-state index is -0.210. The normalized spacial score (nSPS) is 19.3. The van der Waals surface area contributed by atoms with Crippen molar-refractivity contribution in [1.29, 1.82) is 0 Å². The van der Waals surface area contributed by atoms with Crippen LogP contribution in [0, 0.1) is 0 Å². The minimum absolute atomic E-state index is 0.210. The molecule has 2 aliphatic heterocycles. The molecule has 0 bridgehead atoms. The van der Waals surface area contributed by atoms with Crippen LogP contribution in [0.25, 0.3) is 17.4 Å². The zero-order chi connectivity index (χ0) is 18.1. The van der Waals surface area contributed by atoms with Crippen molar-refractivity contribution in [2.45, 2.75) is 19.3 Å². The molecule has 2 aromatic rings. The Balaban J connectivity index is 1.52. The van der Waals surface area contributed by atoms with Crippen molar-refractivity contribution in [2.75, 3.05) is 13.1 Å². The van der Waals surface area contributed by atoms with E-state index in [9.17, 15) is 4.79 Å². The van der Waals surface area contributed by atoms with Crippen molar-refractivity contribution >= 4 is 52.1 Å². The Kier molecular flexibility index (Phi) is 5.11. The maximum atomic E-state index is 12.2. The number of hydrogen-bond acceptors (Lipinski definition) is 4. The number of piperidine rings is 1. The number of benzene rings is 1. The van der Waals surface area contributed by atoms with Gasteiger partial charge in [-0.2, -0.15) is 4.99 Å². The smallest absolute Gasteiger partial charge is 0.286 e. The van der Waals surface area contributed by atoms with Gasteiger partial charge in [0.15, 0.2) is 5.17 Å². The first kappa shape index (κ1) is 17.7. The van der Waals surface area contributed by atoms with Gasteiger partial charge in [-0.05, 0) is 61.4 Å². The largest absolute Gasteiger partial charge is 0.457 e. The molecule has 1 fully saturated rings. The number of likely N-dealkylation sites (tertiary alicyclic amines) is 1. The molecule has 0 saturated carbocycles. The monoisotopic (exact) mass is 406 g/mol. The molecular weight excluding hydrogens is 391 g/mol. The Morgan fingerprint density at radius 1 is 1.12 bits per heavy atom. The molecule has 0 aliphatic carbocycles. The first-order chi connectivity index (χ1) is 12.6. The lowest BCUT2D eigenvalue weighted by Crippen LogP contribution is -2.33. The highest BCUT2D eigenvalue weighted by Crippen LogP contribution is 2.34. The number of carbonyl (C=O) groups is 1. The van der Waals surface area contributed by atoms with Gasteiger partial charge in [-0.25, -0.2) is 0 Å². The summed E-state index contributed by atoms with van der Waals surface area (Å²) in [4.78, 5) is 19.2. The van der Waals surface area contributed by atoms with Crippen molar-refractivity contribution in [3.05, 3.63) is 51.0 Å². The molecule has 4 rings (SSSR count). The fourth-order valence-electron chi connectivity index (χ4n) is 3.01. The van der Waals surface area contributed by atoms with E-state index in [1.54, 1.807) is 18.2 Å². The van der Waals surface area contributed by atoms with Gasteiger partial charge in [0.25, 0.3) is 5.91 Å². The Morgan fingerprint density at radius 3 is 2.69 bits per heavy atom. The van der Waals surface area contributed by atoms with E-state index in [-0.39, 0.29) is 5.91 Å². The van der Waals surface area contributed by atoms with Crippen LogP contribution in [-0.4, -0.2) is 29.1 Å². The quantitative estimate of drug-likeness (QED) is 0.599. The molecular formula is C19H16Cl2N2O2S. The molecule has 0 N–H and O–H groups in total. The van der Waals surface area contributed by atoms with Crippen LogP contribution < -0.4 is 0 Å². The van der Waals surface area contributed by atoms with Gasteiger partial charge in [-0.15, -0.1) is 0 Å². The van der Waals surface area contributed by atoms with Crippen molar-refractivity contribution in [2.24, 2.45) is 4.99 Å². The number of nitrogens with zero attached hydrogens (tertiary/aromatic N) is 2. The molecule has 1 amide bonds. The molecule has 0 spiro atoms. The van der Waals surface area contributed by atoms with Gasteiger partial charge >= 0.3 is 0 Å². The maximum absolute atomic E-state index is 12.2. The number of halogens is 2. The average molecular weight is 407 g/mol. The van der Waals surface area contributed by atoms with Gasteiger partial charge in [-0.3, -0.25) is 4.79 Å². The second-order valence-corrected chi connectivity index (χ2v) is 8.04. The lowest BCUT2D eigenvalue weighted by Gasteiger charge is -2.27. The summed E-state index contributed by atoms with van der Waals surface area (Å²) in [6, 6.07) is 8.90. The number of thioether (sulfide) groups is 1. The fraction of sp³-hybridized carbons (Fsp3) is 0.263. The highest BCUT2D eigenvalue weighted by molar-refractivity contribution is 8.18. The van der Waals surface area contributed by atoms with Crippen LogP contribution >= 0.6 is 35.0 Å². The van der Waals surface area contributed by atoms with Gasteiger partial charge in [0.2, 0.25) is 0 Å². The van der Waals surface area contributed by atoms with Crippen LogP contribution in [-0.2, 0) is 4.79 Å². The van der Waals surface area contributed by atoms with Crippen molar-refractivity contribution < 1.29 is 9.21 Å². The summed E-state index contributed by atoms with van der Waals surface area (Å²) in [5, 5.41) is 1.89. The van der Waals surface area contributed by atoms with Gasteiger partial charge in [0.1, 0.15) is 11.5 Å². The fourth-order valence-corrected chi connectivity index (χ4v) is 4.46. The van der Waals surface area contributed by atoms with Crippen LogP contribution in [0.2, 0.25) is 10.0 Å². The molecule has 134 valence electrons. The maximum Gasteiger partial charge on any atom is 0.286 e. The lowest BCUT2D eigenvalue weighted by molar-refractivity contribution is -0.113. The van der Waals surface area contributed by atoms with Gasteiger partial charge < -0.3 is 9.32 Å². The third-order valence-corrected chi connectivity index (χ3v) is 5.92. The summed E-state index contributed by atoms with van der Waals surface area (Å²) in [7, 11) is 0. The average Bonchev–Trinajstić information content (AvgIpc) is 3.23. The van der Waals surface area contributed by atoms with Gasteiger partial charge in [-0.1, -0.05) is 23.2 Å². The van der Waals surface area contributed by atoms with E-state index in [0.717, 1.165) is 36.7 Å². The second-order valence-electron chi connectivity index (χ2n) is 6.18. The summed E-state index contributed by atoms with van der Waals surface area (Å²) in [6.07, 6.45) is 5.28. The van der Waals surface area contributed by atoms with E-state index in [4.69, 9.17) is 27.6 Å². The lowest BCUT2D eigenvalue weighted by atomic mass is 10.1. The number of amides is 1. The Hall–Kier alpha value is -1.69. The molecule has 4 nitrogen and oxygen atoms in total. The number of furan rings is 1. The molecule has 1 aromatic heterocycles. The molecule has 1 saturated heterocycles. The van der Waals surface area contributed by atoms with Gasteiger partial charge in [0, 0.05) is 29.8 Å². The van der Waals surface area contributed by atoms with Crippen molar-refractivity contribution in [3.8, 4) is 11.3 Å². The molecule has 0 atom stereocenters. The number of amidine groups is 1. The summed E-state index contributed by atoms with van der Waals surface area (Å²) in [6.45, 7) is 1.93. The Bertz CT molecular complexity index is 914. The van der Waals surface area contributed by atoms with Crippen molar-refractivity contribution in [1.82, 2.24) is 4.90 Å². The standard InChI is InChI=1S/C19H16Cl2N2O2S/c20-12-4-6-14(15(21)10-12)16-7-5-13(25-16)11-17-18(24)22-19(26-17)23-8-2-1-3-9-23/h4-7,10-11H,1-3,8-9H2/b17-11-. The number of carbonyl (C=O) groups excluding carboxylic acids is 1. The zero-order valence-corrected chi connectivity index (χ0v) is 16.2. The Morgan fingerprint density at radius 2 is 1.92 bits per heavy atom. The topological polar surface area (TPSA) is 45.8 Å². The number of aliphatic imine (C=N–C) groups is 1. The van der Waals surface area contributed by atoms with Crippen LogP contribution in [0.1, 0.15) is 25.0 Å². The number of hydrogen-bond donors (Lipinski definition) is 0. The molecule has 0 radical (unpaired) electrons. The predicted molar refractivity (Wildman–Crippen MR) is 108 cm³/mol. The molecule has 26 heavy (non-hydrogen) atoms. The van der Waals surface area contributed by atoms with E-state index in [1.165, 1.54) is 18.2 Å². The summed E-state index contributed by atoms with van der Waals surface area (Å²) in [5.41, 5.74) is 0.761. The molecule has 1 aromatic carbocycles. The molecule has 3 heterocycles. The van der Waals surface area contributed by atoms with Crippen molar-refractivity contribution in [3.63, 3.8) is 0 Å². The third-order valence-electron chi connectivity index (χ3n) is 4.33. The summed E-state index contributed by atoms with van der Waals surface area (Å²) >= 11 is 13.6.